The molecule has 0 saturated carbocycles. The molecule has 0 bridgehead atoms. The van der Waals surface area contributed by atoms with Gasteiger partial charge in [0.15, 0.2) is 0 Å². The third-order valence-corrected chi connectivity index (χ3v) is 2.43. The Morgan fingerprint density at radius 1 is 1.45 bits per heavy atom. The fourth-order valence-corrected chi connectivity index (χ4v) is 1.64. The summed E-state index contributed by atoms with van der Waals surface area (Å²) in [4.78, 5) is 0. The summed E-state index contributed by atoms with van der Waals surface area (Å²) in [5.41, 5.74) is 7.16. The van der Waals surface area contributed by atoms with Gasteiger partial charge in [0.25, 0.3) is 0 Å². The van der Waals surface area contributed by atoms with Gasteiger partial charge in [0.05, 0.1) is 0 Å². The Balaban J connectivity index is 3.36. The molecule has 0 aromatic carbocycles. The van der Waals surface area contributed by atoms with E-state index in [9.17, 15) is 0 Å². The Morgan fingerprint density at radius 2 is 2.00 bits per heavy atom. The van der Waals surface area contributed by atoms with Crippen molar-refractivity contribution in [2.24, 2.45) is 5.73 Å². The van der Waals surface area contributed by atoms with Crippen LogP contribution in [0.1, 0.15) is 27.7 Å². The van der Waals surface area contributed by atoms with E-state index in [2.05, 4.69) is 33.8 Å². The van der Waals surface area contributed by atoms with Gasteiger partial charge in [-0.25, -0.2) is 0 Å². The maximum atomic E-state index is 5.81. The van der Waals surface area contributed by atoms with Crippen LogP contribution in [-0.2, 0) is 0 Å². The van der Waals surface area contributed by atoms with Crippen molar-refractivity contribution in [2.75, 3.05) is 11.5 Å². The van der Waals surface area contributed by atoms with Crippen LogP contribution in [0.4, 0.5) is 0 Å². The SMILES string of the molecule is CC(C)=CCSCC(C)(C)N. The van der Waals surface area contributed by atoms with Crippen molar-refractivity contribution in [1.82, 2.24) is 0 Å². The molecule has 2 heteroatoms. The molecule has 0 saturated heterocycles. The van der Waals surface area contributed by atoms with Gasteiger partial charge in [-0.3, -0.25) is 0 Å². The molecule has 0 heterocycles. The van der Waals surface area contributed by atoms with Gasteiger partial charge in [-0.15, -0.1) is 0 Å². The summed E-state index contributed by atoms with van der Waals surface area (Å²) in [5, 5.41) is 0. The van der Waals surface area contributed by atoms with Crippen molar-refractivity contribution in [2.45, 2.75) is 33.2 Å². The Labute approximate surface area is 74.4 Å². The molecule has 0 rings (SSSR count). The Bertz CT molecular complexity index is 129. The molecule has 11 heavy (non-hydrogen) atoms. The average molecular weight is 173 g/mol. The fourth-order valence-electron chi connectivity index (χ4n) is 0.548. The van der Waals surface area contributed by atoms with Crippen molar-refractivity contribution in [3.8, 4) is 0 Å². The molecule has 0 aromatic heterocycles. The van der Waals surface area contributed by atoms with Crippen LogP contribution in [0.15, 0.2) is 11.6 Å². The van der Waals surface area contributed by atoms with Crippen LogP contribution in [-0.4, -0.2) is 17.0 Å². The van der Waals surface area contributed by atoms with Gasteiger partial charge in [-0.05, 0) is 27.7 Å². The van der Waals surface area contributed by atoms with Crippen molar-refractivity contribution in [3.05, 3.63) is 11.6 Å². The largest absolute Gasteiger partial charge is 0.325 e. The minimum Gasteiger partial charge on any atom is -0.325 e. The first kappa shape index (κ1) is 11.1. The van der Waals surface area contributed by atoms with Gasteiger partial charge < -0.3 is 5.73 Å². The highest BCUT2D eigenvalue weighted by Gasteiger charge is 2.08. The average Bonchev–Trinajstić information content (AvgIpc) is 1.78. The second-order valence-electron chi connectivity index (χ2n) is 3.79. The molecule has 0 radical (unpaired) electrons. The van der Waals surface area contributed by atoms with Crippen LogP contribution >= 0.6 is 11.8 Å². The van der Waals surface area contributed by atoms with Gasteiger partial charge in [0.2, 0.25) is 0 Å². The molecule has 1 nitrogen and oxygen atoms in total. The van der Waals surface area contributed by atoms with Gasteiger partial charge in [-0.2, -0.15) is 11.8 Å². The minimum absolute atomic E-state index is 0.0276. The van der Waals surface area contributed by atoms with E-state index in [1.54, 1.807) is 0 Å². The van der Waals surface area contributed by atoms with E-state index >= 15 is 0 Å². The number of nitrogens with two attached hydrogens (primary N) is 1. The zero-order valence-electron chi connectivity index (χ0n) is 7.98. The monoisotopic (exact) mass is 173 g/mol. The topological polar surface area (TPSA) is 26.0 Å². The third-order valence-electron chi connectivity index (χ3n) is 1.08. The van der Waals surface area contributed by atoms with Crippen LogP contribution in [0, 0.1) is 0 Å². The fraction of sp³-hybridized carbons (Fsp3) is 0.778. The van der Waals surface area contributed by atoms with E-state index in [0.29, 0.717) is 0 Å². The van der Waals surface area contributed by atoms with E-state index in [-0.39, 0.29) is 5.54 Å². The van der Waals surface area contributed by atoms with E-state index in [0.717, 1.165) is 11.5 Å². The summed E-state index contributed by atoms with van der Waals surface area (Å²) in [5.74, 6) is 2.11. The molecule has 0 spiro atoms. The van der Waals surface area contributed by atoms with E-state index in [1.807, 2.05) is 11.8 Å². The molecule has 0 amide bonds. The molecule has 0 aromatic rings. The van der Waals surface area contributed by atoms with E-state index in [4.69, 9.17) is 5.73 Å². The molecule has 66 valence electrons. The Morgan fingerprint density at radius 3 is 2.36 bits per heavy atom. The lowest BCUT2D eigenvalue weighted by Gasteiger charge is -2.16. The lowest BCUT2D eigenvalue weighted by molar-refractivity contribution is 0.591. The molecular weight excluding hydrogens is 154 g/mol. The molecule has 0 unspecified atom stereocenters. The second-order valence-corrected chi connectivity index (χ2v) is 4.82. The minimum atomic E-state index is -0.0276. The maximum absolute atomic E-state index is 5.81. The van der Waals surface area contributed by atoms with Crippen molar-refractivity contribution >= 4 is 11.8 Å². The van der Waals surface area contributed by atoms with E-state index in [1.165, 1.54) is 5.57 Å². The summed E-state index contributed by atoms with van der Waals surface area (Å²) in [7, 11) is 0. The van der Waals surface area contributed by atoms with Crippen LogP contribution in [0.3, 0.4) is 0 Å². The second kappa shape index (κ2) is 4.83. The van der Waals surface area contributed by atoms with Gasteiger partial charge in [-0.1, -0.05) is 11.6 Å². The predicted molar refractivity (Wildman–Crippen MR) is 55.0 cm³/mol. The lowest BCUT2D eigenvalue weighted by atomic mass is 10.1. The first-order valence-electron chi connectivity index (χ1n) is 3.92. The lowest BCUT2D eigenvalue weighted by Crippen LogP contribution is -2.34. The molecule has 0 fully saturated rings. The summed E-state index contributed by atoms with van der Waals surface area (Å²) in [6.07, 6.45) is 2.23. The molecule has 0 aliphatic carbocycles. The number of allylic oxidation sites excluding steroid dienone is 1. The summed E-state index contributed by atoms with van der Waals surface area (Å²) < 4.78 is 0. The van der Waals surface area contributed by atoms with E-state index < -0.39 is 0 Å². The zero-order valence-corrected chi connectivity index (χ0v) is 8.79. The normalized spacial score (nSPS) is 11.4. The van der Waals surface area contributed by atoms with Gasteiger partial charge >= 0.3 is 0 Å². The smallest absolute Gasteiger partial charge is 0.0188 e. The molecule has 0 aliphatic heterocycles. The number of rotatable bonds is 4. The van der Waals surface area contributed by atoms with Crippen molar-refractivity contribution in [1.29, 1.82) is 0 Å². The quantitative estimate of drug-likeness (QED) is 0.522. The van der Waals surface area contributed by atoms with Crippen LogP contribution in [0.5, 0.6) is 0 Å². The van der Waals surface area contributed by atoms with Crippen LogP contribution in [0.25, 0.3) is 0 Å². The van der Waals surface area contributed by atoms with Crippen molar-refractivity contribution < 1.29 is 0 Å². The Kier molecular flexibility index (Phi) is 4.86. The third kappa shape index (κ3) is 10.1. The molecule has 0 aliphatic rings. The highest BCUT2D eigenvalue weighted by Crippen LogP contribution is 2.10. The first-order chi connectivity index (χ1) is 4.92. The Hall–Kier alpha value is 0.0500. The summed E-state index contributed by atoms with van der Waals surface area (Å²) in [6.45, 7) is 8.35. The standard InChI is InChI=1S/C9H19NS/c1-8(2)5-6-11-7-9(3,4)10/h5H,6-7,10H2,1-4H3. The maximum Gasteiger partial charge on any atom is 0.0188 e. The molecule has 0 atom stereocenters. The molecular formula is C9H19NS. The van der Waals surface area contributed by atoms with Gasteiger partial charge in [0, 0.05) is 17.0 Å². The highest BCUT2D eigenvalue weighted by molar-refractivity contribution is 7.99. The number of hydrogen-bond acceptors (Lipinski definition) is 2. The summed E-state index contributed by atoms with van der Waals surface area (Å²) >= 11 is 1.89. The zero-order chi connectivity index (χ0) is 8.91. The number of hydrogen-bond donors (Lipinski definition) is 1. The molecule has 2 N–H and O–H groups in total. The van der Waals surface area contributed by atoms with Crippen LogP contribution < -0.4 is 5.73 Å². The highest BCUT2D eigenvalue weighted by atomic mass is 32.2. The van der Waals surface area contributed by atoms with Gasteiger partial charge in [0.1, 0.15) is 0 Å². The summed E-state index contributed by atoms with van der Waals surface area (Å²) in [6, 6.07) is 0. The predicted octanol–water partition coefficient (Wildman–Crippen LogP) is 2.42. The number of thioether (sulfide) groups is 1. The first-order valence-corrected chi connectivity index (χ1v) is 5.07. The van der Waals surface area contributed by atoms with Crippen LogP contribution in [0.2, 0.25) is 0 Å². The van der Waals surface area contributed by atoms with Crippen molar-refractivity contribution in [3.63, 3.8) is 0 Å².